The Balaban J connectivity index is 1.78. The third kappa shape index (κ3) is 5.49. The molecule has 0 bridgehead atoms. The lowest BCUT2D eigenvalue weighted by molar-refractivity contribution is 0.0641. The first kappa shape index (κ1) is 22.1. The van der Waals surface area contributed by atoms with Gasteiger partial charge in [-0.25, -0.2) is 4.79 Å². The Hall–Kier alpha value is -2.64. The third-order valence-electron chi connectivity index (χ3n) is 4.97. The number of aromatic carboxylic acids is 1. The van der Waals surface area contributed by atoms with E-state index in [0.29, 0.717) is 11.3 Å². The molecule has 0 aliphatic carbocycles. The van der Waals surface area contributed by atoms with Gasteiger partial charge in [-0.3, -0.25) is 0 Å². The Labute approximate surface area is 179 Å². The number of hydrogen-bond acceptors (Lipinski definition) is 5. The fourth-order valence-electron chi connectivity index (χ4n) is 3.30. The lowest BCUT2D eigenvalue weighted by Gasteiger charge is -2.28. The largest absolute Gasteiger partial charge is 0.478 e. The minimum absolute atomic E-state index is 0.0710. The molecule has 0 aliphatic heterocycles. The van der Waals surface area contributed by atoms with Gasteiger partial charge in [-0.2, -0.15) is 0 Å². The average molecular weight is 425 g/mol. The van der Waals surface area contributed by atoms with Gasteiger partial charge in [0.25, 0.3) is 0 Å². The first-order valence-corrected chi connectivity index (χ1v) is 10.5. The molecule has 3 atom stereocenters. The van der Waals surface area contributed by atoms with Crippen LogP contribution in [0.2, 0.25) is 0 Å². The van der Waals surface area contributed by atoms with E-state index in [1.807, 2.05) is 30.3 Å². The van der Waals surface area contributed by atoms with Crippen LogP contribution in [0.15, 0.2) is 83.8 Å². The second kappa shape index (κ2) is 10.4. The molecular weight excluding hydrogens is 400 g/mol. The van der Waals surface area contributed by atoms with E-state index in [0.717, 1.165) is 16.0 Å². The minimum atomic E-state index is -0.980. The number of hydrogen-bond donors (Lipinski definition) is 4. The van der Waals surface area contributed by atoms with Gasteiger partial charge in [0, 0.05) is 16.6 Å². The average Bonchev–Trinajstić information content (AvgIpc) is 2.79. The van der Waals surface area contributed by atoms with Gasteiger partial charge >= 0.3 is 5.97 Å². The number of carboxylic acid groups (broad SMARTS) is 1. The van der Waals surface area contributed by atoms with Crippen LogP contribution in [-0.4, -0.2) is 38.3 Å². The molecule has 0 radical (unpaired) electrons. The van der Waals surface area contributed by atoms with E-state index in [1.54, 1.807) is 36.4 Å². The molecule has 4 N–H and O–H groups in total. The molecule has 0 saturated carbocycles. The molecule has 0 aromatic heterocycles. The molecule has 5 nitrogen and oxygen atoms in total. The summed E-state index contributed by atoms with van der Waals surface area (Å²) in [5.41, 5.74) is 2.45. The van der Waals surface area contributed by atoms with Crippen molar-refractivity contribution >= 4 is 17.7 Å². The van der Waals surface area contributed by atoms with Gasteiger partial charge in [0.15, 0.2) is 0 Å². The minimum Gasteiger partial charge on any atom is -0.478 e. The van der Waals surface area contributed by atoms with Crippen LogP contribution < -0.4 is 0 Å². The zero-order valence-electron chi connectivity index (χ0n) is 16.3. The van der Waals surface area contributed by atoms with Crippen molar-refractivity contribution in [2.24, 2.45) is 0 Å². The topological polar surface area (TPSA) is 98.0 Å². The molecule has 0 aliphatic rings. The number of thioether (sulfide) groups is 1. The molecule has 0 saturated heterocycles. The SMILES string of the molecule is O=C(O)c1ccc(SC[C@@H](O)[C@@H](c2ccccc2)[C@@H](O)c2ccc(CO)cc2)cc1. The van der Waals surface area contributed by atoms with E-state index in [2.05, 4.69) is 0 Å². The fraction of sp³-hybridized carbons (Fsp3) is 0.208. The quantitative estimate of drug-likeness (QED) is 0.390. The molecule has 156 valence electrons. The van der Waals surface area contributed by atoms with E-state index in [9.17, 15) is 20.1 Å². The second-order valence-corrected chi connectivity index (χ2v) is 8.08. The monoisotopic (exact) mass is 424 g/mol. The van der Waals surface area contributed by atoms with Crippen LogP contribution >= 0.6 is 11.8 Å². The molecule has 0 fully saturated rings. The van der Waals surface area contributed by atoms with Crippen LogP contribution in [0.4, 0.5) is 0 Å². The van der Waals surface area contributed by atoms with Crippen LogP contribution in [0.25, 0.3) is 0 Å². The Morgan fingerprint density at radius 3 is 2.03 bits per heavy atom. The molecule has 30 heavy (non-hydrogen) atoms. The molecule has 6 heteroatoms. The van der Waals surface area contributed by atoms with E-state index in [4.69, 9.17) is 5.11 Å². The summed E-state index contributed by atoms with van der Waals surface area (Å²) >= 11 is 1.40. The maximum atomic E-state index is 11.1. The van der Waals surface area contributed by atoms with E-state index >= 15 is 0 Å². The Kier molecular flexibility index (Phi) is 7.65. The zero-order chi connectivity index (χ0) is 21.5. The predicted octanol–water partition coefficient (Wildman–Crippen LogP) is 3.85. The van der Waals surface area contributed by atoms with E-state index < -0.39 is 24.1 Å². The molecule has 0 spiro atoms. The number of rotatable bonds is 9. The molecule has 3 aromatic rings. The molecule has 0 amide bonds. The van der Waals surface area contributed by atoms with Gasteiger partial charge < -0.3 is 20.4 Å². The summed E-state index contributed by atoms with van der Waals surface area (Å²) in [6.07, 6.45) is -1.77. The molecule has 0 unspecified atom stereocenters. The molecule has 0 heterocycles. The number of carbonyl (C=O) groups is 1. The zero-order valence-corrected chi connectivity index (χ0v) is 17.1. The lowest BCUT2D eigenvalue weighted by atomic mass is 9.85. The maximum Gasteiger partial charge on any atom is 0.335 e. The van der Waals surface area contributed by atoms with Crippen LogP contribution in [0.5, 0.6) is 0 Å². The van der Waals surface area contributed by atoms with Gasteiger partial charge in [0.2, 0.25) is 0 Å². The van der Waals surface area contributed by atoms with Crippen molar-refractivity contribution in [3.8, 4) is 0 Å². The van der Waals surface area contributed by atoms with Crippen molar-refractivity contribution in [2.45, 2.75) is 29.6 Å². The first-order chi connectivity index (χ1) is 14.5. The number of carboxylic acids is 1. The van der Waals surface area contributed by atoms with Gasteiger partial charge in [-0.1, -0.05) is 54.6 Å². The van der Waals surface area contributed by atoms with Crippen molar-refractivity contribution in [1.29, 1.82) is 0 Å². The Morgan fingerprint density at radius 2 is 1.47 bits per heavy atom. The first-order valence-electron chi connectivity index (χ1n) is 9.56. The summed E-state index contributed by atoms with van der Waals surface area (Å²) in [5.74, 6) is -1.19. The number of benzene rings is 3. The van der Waals surface area contributed by atoms with Gasteiger partial charge in [-0.15, -0.1) is 11.8 Å². The third-order valence-corrected chi connectivity index (χ3v) is 6.08. The molecule has 3 rings (SSSR count). The summed E-state index contributed by atoms with van der Waals surface area (Å²) in [6, 6.07) is 22.9. The second-order valence-electron chi connectivity index (χ2n) is 6.99. The van der Waals surface area contributed by atoms with E-state index in [1.165, 1.54) is 23.9 Å². The highest BCUT2D eigenvalue weighted by molar-refractivity contribution is 7.99. The van der Waals surface area contributed by atoms with Crippen LogP contribution in [-0.2, 0) is 6.61 Å². The van der Waals surface area contributed by atoms with Crippen molar-refractivity contribution in [3.05, 3.63) is 101 Å². The van der Waals surface area contributed by atoms with Crippen LogP contribution in [0.1, 0.15) is 39.1 Å². The predicted molar refractivity (Wildman–Crippen MR) is 117 cm³/mol. The van der Waals surface area contributed by atoms with Gasteiger partial charge in [-0.05, 0) is 41.0 Å². The molecular formula is C24H24O5S. The summed E-state index contributed by atoms with van der Waals surface area (Å²) in [6.45, 7) is -0.0710. The smallest absolute Gasteiger partial charge is 0.335 e. The van der Waals surface area contributed by atoms with Gasteiger partial charge in [0.1, 0.15) is 0 Å². The van der Waals surface area contributed by atoms with Crippen molar-refractivity contribution in [1.82, 2.24) is 0 Å². The van der Waals surface area contributed by atoms with Crippen molar-refractivity contribution in [3.63, 3.8) is 0 Å². The van der Waals surface area contributed by atoms with Crippen molar-refractivity contribution < 1.29 is 25.2 Å². The summed E-state index contributed by atoms with van der Waals surface area (Å²) in [5, 5.41) is 40.3. The Bertz CT molecular complexity index is 942. The summed E-state index contributed by atoms with van der Waals surface area (Å²) in [4.78, 5) is 11.8. The highest BCUT2D eigenvalue weighted by atomic mass is 32.2. The van der Waals surface area contributed by atoms with Crippen LogP contribution in [0.3, 0.4) is 0 Å². The fourth-order valence-corrected chi connectivity index (χ4v) is 4.20. The van der Waals surface area contributed by atoms with E-state index in [-0.39, 0.29) is 12.2 Å². The lowest BCUT2D eigenvalue weighted by Crippen LogP contribution is -2.27. The highest BCUT2D eigenvalue weighted by Crippen LogP contribution is 2.36. The number of aliphatic hydroxyl groups is 3. The summed E-state index contributed by atoms with van der Waals surface area (Å²) in [7, 11) is 0. The van der Waals surface area contributed by atoms with Gasteiger partial charge in [0.05, 0.1) is 24.4 Å². The summed E-state index contributed by atoms with van der Waals surface area (Å²) < 4.78 is 0. The maximum absolute atomic E-state index is 11.1. The normalized spacial score (nSPS) is 14.1. The Morgan fingerprint density at radius 1 is 0.833 bits per heavy atom. The standard InChI is InChI=1S/C24H24O5S/c25-14-16-6-8-18(9-7-16)23(27)22(17-4-2-1-3-5-17)21(26)15-30-20-12-10-19(11-13-20)24(28)29/h1-13,21-23,25-27H,14-15H2,(H,28,29)/t21-,22-,23+/m1/s1. The van der Waals surface area contributed by atoms with Crippen molar-refractivity contribution in [2.75, 3.05) is 5.75 Å². The molecule has 3 aromatic carbocycles. The van der Waals surface area contributed by atoms with Crippen LogP contribution in [0, 0.1) is 0 Å². The highest BCUT2D eigenvalue weighted by Gasteiger charge is 2.30. The number of aliphatic hydroxyl groups excluding tert-OH is 3.